The molecule has 96 valence electrons. The van der Waals surface area contributed by atoms with Crippen LogP contribution in [0.4, 0.5) is 0 Å². The minimum absolute atomic E-state index is 0.192. The molecule has 4 heteroatoms. The van der Waals surface area contributed by atoms with Gasteiger partial charge in [-0.1, -0.05) is 19.8 Å². The molecule has 1 N–H and O–H groups in total. The smallest absolute Gasteiger partial charge is 0.242 e. The summed E-state index contributed by atoms with van der Waals surface area (Å²) >= 11 is 0. The first-order valence-electron chi connectivity index (χ1n) is 6.26. The van der Waals surface area contributed by atoms with Crippen molar-refractivity contribution in [3.05, 3.63) is 0 Å². The highest BCUT2D eigenvalue weighted by Crippen LogP contribution is 2.31. The summed E-state index contributed by atoms with van der Waals surface area (Å²) in [6.45, 7) is 3.83. The fourth-order valence-corrected chi connectivity index (χ4v) is 2.40. The van der Waals surface area contributed by atoms with Crippen LogP contribution in [0.5, 0.6) is 0 Å². The number of aliphatic hydroxyl groups is 1. The van der Waals surface area contributed by atoms with E-state index in [0.717, 1.165) is 25.7 Å². The van der Waals surface area contributed by atoms with Crippen LogP contribution < -0.4 is 0 Å². The Labute approximate surface area is 103 Å². The molecule has 1 amide bonds. The molecule has 0 heterocycles. The number of nitrogens with zero attached hydrogens (tertiary/aromatic N) is 2. The Kier molecular flexibility index (Phi) is 4.16. The lowest BCUT2D eigenvalue weighted by molar-refractivity contribution is -0.140. The zero-order valence-electron chi connectivity index (χ0n) is 11.0. The zero-order valence-corrected chi connectivity index (χ0v) is 11.0. The number of likely N-dealkylation sites (N-methyl/N-ethyl adjacent to an activating group) is 1. The minimum Gasteiger partial charge on any atom is -0.388 e. The molecule has 1 aliphatic carbocycles. The fraction of sp³-hybridized carbons (Fsp3) is 0.846. The summed E-state index contributed by atoms with van der Waals surface area (Å²) in [6, 6.07) is 2.07. The maximum absolute atomic E-state index is 12.1. The van der Waals surface area contributed by atoms with Gasteiger partial charge >= 0.3 is 0 Å². The molecule has 1 unspecified atom stereocenters. The van der Waals surface area contributed by atoms with Crippen molar-refractivity contribution in [2.24, 2.45) is 5.41 Å². The molecule has 4 nitrogen and oxygen atoms in total. The summed E-state index contributed by atoms with van der Waals surface area (Å²) in [4.78, 5) is 13.7. The number of hydrogen-bond donors (Lipinski definition) is 1. The van der Waals surface area contributed by atoms with E-state index in [0.29, 0.717) is 13.0 Å². The molecular weight excluding hydrogens is 216 g/mol. The monoisotopic (exact) mass is 238 g/mol. The Morgan fingerprint density at radius 1 is 1.53 bits per heavy atom. The van der Waals surface area contributed by atoms with E-state index in [4.69, 9.17) is 5.26 Å². The summed E-state index contributed by atoms with van der Waals surface area (Å²) < 4.78 is 0. The number of amides is 1. The average molecular weight is 238 g/mol. The first-order valence-corrected chi connectivity index (χ1v) is 6.26. The van der Waals surface area contributed by atoms with E-state index in [2.05, 4.69) is 6.07 Å². The molecule has 0 saturated heterocycles. The van der Waals surface area contributed by atoms with Crippen molar-refractivity contribution in [1.29, 1.82) is 5.26 Å². The lowest BCUT2D eigenvalue weighted by Gasteiger charge is -2.32. The highest BCUT2D eigenvalue weighted by Gasteiger charge is 2.38. The second-order valence-electron chi connectivity index (χ2n) is 5.39. The molecular formula is C13H22N2O2. The van der Waals surface area contributed by atoms with Crippen LogP contribution in [0.25, 0.3) is 0 Å². The van der Waals surface area contributed by atoms with E-state index >= 15 is 0 Å². The Morgan fingerprint density at radius 3 is 2.47 bits per heavy atom. The van der Waals surface area contributed by atoms with Crippen molar-refractivity contribution in [3.63, 3.8) is 0 Å². The second kappa shape index (κ2) is 5.05. The van der Waals surface area contributed by atoms with E-state index in [1.54, 1.807) is 14.0 Å². The Morgan fingerprint density at radius 2 is 2.06 bits per heavy atom. The molecule has 1 saturated carbocycles. The quantitative estimate of drug-likeness (QED) is 0.810. The van der Waals surface area contributed by atoms with Crippen LogP contribution in [0.2, 0.25) is 0 Å². The molecule has 0 aromatic heterocycles. The van der Waals surface area contributed by atoms with Crippen molar-refractivity contribution in [1.82, 2.24) is 4.90 Å². The van der Waals surface area contributed by atoms with Gasteiger partial charge in [-0.15, -0.1) is 0 Å². The number of hydrogen-bond acceptors (Lipinski definition) is 3. The topological polar surface area (TPSA) is 64.3 Å². The molecule has 0 spiro atoms. The third-order valence-corrected chi connectivity index (χ3v) is 3.84. The van der Waals surface area contributed by atoms with Crippen molar-refractivity contribution in [3.8, 4) is 6.07 Å². The summed E-state index contributed by atoms with van der Waals surface area (Å²) in [7, 11) is 1.67. The van der Waals surface area contributed by atoms with E-state index in [9.17, 15) is 9.90 Å². The number of nitriles is 1. The van der Waals surface area contributed by atoms with Crippen molar-refractivity contribution >= 4 is 5.91 Å². The van der Waals surface area contributed by atoms with Gasteiger partial charge in [-0.05, 0) is 26.2 Å². The van der Waals surface area contributed by atoms with Crippen molar-refractivity contribution in [2.45, 2.75) is 51.6 Å². The van der Waals surface area contributed by atoms with E-state index in [-0.39, 0.29) is 5.91 Å². The van der Waals surface area contributed by atoms with Gasteiger partial charge in [-0.3, -0.25) is 4.79 Å². The van der Waals surface area contributed by atoms with Crippen LogP contribution in [0.3, 0.4) is 0 Å². The first kappa shape index (κ1) is 14.0. The number of carbonyl (C=O) groups excluding carboxylic acids is 1. The summed E-state index contributed by atoms with van der Waals surface area (Å²) in [5.74, 6) is -0.192. The molecule has 1 rings (SSSR count). The summed E-state index contributed by atoms with van der Waals surface area (Å²) in [5.41, 5.74) is -1.71. The second-order valence-corrected chi connectivity index (χ2v) is 5.39. The molecule has 0 aromatic carbocycles. The third kappa shape index (κ3) is 2.98. The zero-order chi connectivity index (χ0) is 13.1. The van der Waals surface area contributed by atoms with E-state index < -0.39 is 11.0 Å². The fourth-order valence-electron chi connectivity index (χ4n) is 2.40. The van der Waals surface area contributed by atoms with Gasteiger partial charge in [0, 0.05) is 13.6 Å². The summed E-state index contributed by atoms with van der Waals surface area (Å²) in [5, 5.41) is 19.3. The lowest BCUT2D eigenvalue weighted by Crippen LogP contribution is -2.46. The predicted molar refractivity (Wildman–Crippen MR) is 65.1 cm³/mol. The minimum atomic E-state index is -0.969. The van der Waals surface area contributed by atoms with Crippen LogP contribution in [0, 0.1) is 16.7 Å². The van der Waals surface area contributed by atoms with E-state index in [1.165, 1.54) is 4.90 Å². The first-order chi connectivity index (χ1) is 7.87. The Bertz CT molecular complexity index is 329. The highest BCUT2D eigenvalue weighted by molar-refractivity contribution is 5.84. The molecule has 0 aliphatic heterocycles. The van der Waals surface area contributed by atoms with Crippen LogP contribution in [-0.4, -0.2) is 35.1 Å². The van der Waals surface area contributed by atoms with Gasteiger partial charge in [0.25, 0.3) is 0 Å². The van der Waals surface area contributed by atoms with Crippen LogP contribution in [0.15, 0.2) is 0 Å². The summed E-state index contributed by atoms with van der Waals surface area (Å²) in [6.07, 6.45) is 4.02. The average Bonchev–Trinajstić information content (AvgIpc) is 2.73. The van der Waals surface area contributed by atoms with Crippen molar-refractivity contribution in [2.75, 3.05) is 13.6 Å². The predicted octanol–water partition coefficient (Wildman–Crippen LogP) is 1.69. The number of carbonyl (C=O) groups is 1. The molecule has 17 heavy (non-hydrogen) atoms. The van der Waals surface area contributed by atoms with Crippen LogP contribution in [-0.2, 0) is 4.79 Å². The largest absolute Gasteiger partial charge is 0.388 e. The Hall–Kier alpha value is -1.08. The molecule has 1 fully saturated rings. The number of rotatable bonds is 4. The third-order valence-electron chi connectivity index (χ3n) is 3.84. The molecule has 0 radical (unpaired) electrons. The van der Waals surface area contributed by atoms with Gasteiger partial charge in [0.1, 0.15) is 5.41 Å². The Balaban J connectivity index is 2.67. The maximum atomic E-state index is 12.1. The standard InChI is InChI=1S/C13H22N2O2/c1-4-12(2,9-14)11(16)15(3)10-13(17)7-5-6-8-13/h17H,4-8,10H2,1-3H3. The molecule has 0 bridgehead atoms. The SMILES string of the molecule is CCC(C)(C#N)C(=O)N(C)CC1(O)CCCC1. The van der Waals surface area contributed by atoms with Gasteiger partial charge in [0.05, 0.1) is 11.7 Å². The molecule has 0 aromatic rings. The van der Waals surface area contributed by atoms with Gasteiger partial charge in [-0.25, -0.2) is 0 Å². The maximum Gasteiger partial charge on any atom is 0.242 e. The van der Waals surface area contributed by atoms with Gasteiger partial charge in [0.15, 0.2) is 0 Å². The molecule has 1 aliphatic rings. The lowest BCUT2D eigenvalue weighted by atomic mass is 9.87. The molecule has 1 atom stereocenters. The van der Waals surface area contributed by atoms with Gasteiger partial charge < -0.3 is 10.0 Å². The van der Waals surface area contributed by atoms with Gasteiger partial charge in [0.2, 0.25) is 5.91 Å². The van der Waals surface area contributed by atoms with Crippen LogP contribution >= 0.6 is 0 Å². The van der Waals surface area contributed by atoms with Gasteiger partial charge in [-0.2, -0.15) is 5.26 Å². The van der Waals surface area contributed by atoms with E-state index in [1.807, 2.05) is 6.92 Å². The van der Waals surface area contributed by atoms with Crippen LogP contribution in [0.1, 0.15) is 46.0 Å². The normalized spacial score (nSPS) is 21.6. The van der Waals surface area contributed by atoms with Crippen molar-refractivity contribution < 1.29 is 9.90 Å². The highest BCUT2D eigenvalue weighted by atomic mass is 16.3.